The first-order valence-corrected chi connectivity index (χ1v) is 15.3. The largest absolute Gasteiger partial charge is 0.469 e. The molecule has 1 aromatic rings. The van der Waals surface area contributed by atoms with Crippen molar-refractivity contribution < 1.29 is 33.7 Å². The highest BCUT2D eigenvalue weighted by molar-refractivity contribution is 9.10. The first-order valence-electron chi connectivity index (χ1n) is 14.5. The Morgan fingerprint density at radius 1 is 1.17 bits per heavy atom. The second-order valence-corrected chi connectivity index (χ2v) is 13.9. The Bertz CT molecular complexity index is 1230. The van der Waals surface area contributed by atoms with Crippen LogP contribution in [0.3, 0.4) is 0 Å². The monoisotopic (exact) mass is 630 g/mol. The SMILES string of the molecule is COC(=O)[C@]1(C)CCC[C@@]2(C)[C@H]1[C@@H](OC(=O)c1ccc(Br)cc1)C[C@@](C)(O)[C@@H]2CC/C(C)=C/C[C@H]1OC(=O)C=C1C. The number of hydrogen-bond acceptors (Lipinski definition) is 7. The Morgan fingerprint density at radius 2 is 1.85 bits per heavy atom. The third kappa shape index (κ3) is 6.34. The fraction of sp³-hybridized carbons (Fsp3) is 0.606. The average Bonchev–Trinajstić information content (AvgIpc) is 3.22. The van der Waals surface area contributed by atoms with Crippen LogP contribution in [0.4, 0.5) is 0 Å². The van der Waals surface area contributed by atoms with Crippen molar-refractivity contribution in [2.24, 2.45) is 22.7 Å². The first-order chi connectivity index (χ1) is 19.2. The summed E-state index contributed by atoms with van der Waals surface area (Å²) in [6.45, 7) is 9.90. The molecule has 3 aliphatic rings. The van der Waals surface area contributed by atoms with Crippen molar-refractivity contribution in [3.63, 3.8) is 0 Å². The molecule has 224 valence electrons. The third-order valence-electron chi connectivity index (χ3n) is 9.95. The van der Waals surface area contributed by atoms with Crippen LogP contribution in [0, 0.1) is 22.7 Å². The highest BCUT2D eigenvalue weighted by Gasteiger charge is 2.65. The maximum Gasteiger partial charge on any atom is 0.338 e. The number of methoxy groups -OCH3 is 1. The van der Waals surface area contributed by atoms with Gasteiger partial charge in [0.15, 0.2) is 0 Å². The molecule has 1 N–H and O–H groups in total. The number of halogens is 1. The number of cyclic esters (lactones) is 1. The topological polar surface area (TPSA) is 99.1 Å². The molecular formula is C33H43BrO7. The molecule has 0 amide bonds. The highest BCUT2D eigenvalue weighted by Crippen LogP contribution is 2.64. The van der Waals surface area contributed by atoms with E-state index in [1.54, 1.807) is 24.3 Å². The predicted molar refractivity (Wildman–Crippen MR) is 159 cm³/mol. The molecule has 1 aromatic carbocycles. The molecule has 2 aliphatic carbocycles. The van der Waals surface area contributed by atoms with E-state index in [0.29, 0.717) is 24.8 Å². The van der Waals surface area contributed by atoms with Crippen molar-refractivity contribution in [2.45, 2.75) is 97.4 Å². The molecule has 1 aliphatic heterocycles. The molecule has 7 atom stereocenters. The molecule has 8 heteroatoms. The molecule has 2 fully saturated rings. The van der Waals surface area contributed by atoms with Crippen LogP contribution in [0.15, 0.2) is 52.0 Å². The standard InChI is InChI=1S/C33H43BrO7/c1-20(8-14-24-21(2)18-27(35)40-24)9-15-26-31(3)16-7-17-32(4,30(37)39-6)28(31)25(19-33(26,5)38)41-29(36)22-10-12-23(34)13-11-22/h8,10-13,18,24-26,28,38H,7,9,14-17,19H2,1-6H3/b20-8+/t24-,25+,26-,28-,31-,32-,33-/m1/s1. The van der Waals surface area contributed by atoms with Crippen LogP contribution in [0.2, 0.25) is 0 Å². The molecule has 41 heavy (non-hydrogen) atoms. The van der Waals surface area contributed by atoms with Crippen molar-refractivity contribution in [2.75, 3.05) is 7.11 Å². The summed E-state index contributed by atoms with van der Waals surface area (Å²) in [5, 5.41) is 12.0. The Balaban J connectivity index is 1.61. The van der Waals surface area contributed by atoms with Crippen LogP contribution in [-0.4, -0.2) is 47.9 Å². The second kappa shape index (κ2) is 12.0. The number of ether oxygens (including phenoxy) is 3. The van der Waals surface area contributed by atoms with Gasteiger partial charge in [-0.3, -0.25) is 4.79 Å². The summed E-state index contributed by atoms with van der Waals surface area (Å²) in [4.78, 5) is 38.2. The number of benzene rings is 1. The predicted octanol–water partition coefficient (Wildman–Crippen LogP) is 6.72. The third-order valence-corrected chi connectivity index (χ3v) is 10.5. The van der Waals surface area contributed by atoms with Crippen molar-refractivity contribution in [1.29, 1.82) is 0 Å². The Morgan fingerprint density at radius 3 is 2.46 bits per heavy atom. The second-order valence-electron chi connectivity index (χ2n) is 12.9. The highest BCUT2D eigenvalue weighted by atomic mass is 79.9. The van der Waals surface area contributed by atoms with Gasteiger partial charge < -0.3 is 19.3 Å². The molecule has 0 radical (unpaired) electrons. The quantitative estimate of drug-likeness (QED) is 0.193. The van der Waals surface area contributed by atoms with Crippen LogP contribution in [0.5, 0.6) is 0 Å². The lowest BCUT2D eigenvalue weighted by molar-refractivity contribution is -0.224. The van der Waals surface area contributed by atoms with Crippen LogP contribution in [0.25, 0.3) is 0 Å². The molecule has 0 saturated heterocycles. The van der Waals surface area contributed by atoms with Gasteiger partial charge in [-0.05, 0) is 94.5 Å². The van der Waals surface area contributed by atoms with Gasteiger partial charge >= 0.3 is 17.9 Å². The van der Waals surface area contributed by atoms with E-state index in [4.69, 9.17) is 14.2 Å². The molecule has 0 bridgehead atoms. The summed E-state index contributed by atoms with van der Waals surface area (Å²) < 4.78 is 17.7. The summed E-state index contributed by atoms with van der Waals surface area (Å²) >= 11 is 3.40. The lowest BCUT2D eigenvalue weighted by Gasteiger charge is -2.62. The van der Waals surface area contributed by atoms with Gasteiger partial charge in [-0.15, -0.1) is 0 Å². The Kier molecular flexibility index (Phi) is 9.25. The van der Waals surface area contributed by atoms with E-state index in [1.807, 2.05) is 20.8 Å². The number of esters is 3. The van der Waals surface area contributed by atoms with Gasteiger partial charge in [0.2, 0.25) is 0 Å². The molecule has 2 saturated carbocycles. The number of rotatable bonds is 8. The van der Waals surface area contributed by atoms with E-state index in [1.165, 1.54) is 13.2 Å². The minimum absolute atomic E-state index is 0.138. The molecule has 0 aromatic heterocycles. The van der Waals surface area contributed by atoms with E-state index in [-0.39, 0.29) is 36.3 Å². The summed E-state index contributed by atoms with van der Waals surface area (Å²) in [7, 11) is 1.41. The zero-order valence-electron chi connectivity index (χ0n) is 25.0. The number of hydrogen-bond donors (Lipinski definition) is 1. The summed E-state index contributed by atoms with van der Waals surface area (Å²) in [6.07, 6.45) is 7.34. The first kappa shape index (κ1) is 31.5. The van der Waals surface area contributed by atoms with Crippen LogP contribution in [-0.2, 0) is 23.8 Å². The van der Waals surface area contributed by atoms with Crippen LogP contribution >= 0.6 is 15.9 Å². The molecular weight excluding hydrogens is 588 g/mol. The summed E-state index contributed by atoms with van der Waals surface area (Å²) in [6, 6.07) is 6.98. The van der Waals surface area contributed by atoms with E-state index in [0.717, 1.165) is 34.9 Å². The molecule has 0 spiro atoms. The maximum atomic E-state index is 13.3. The lowest BCUT2D eigenvalue weighted by atomic mass is 9.43. The van der Waals surface area contributed by atoms with Gasteiger partial charge in [0.25, 0.3) is 0 Å². The number of carbonyl (C=O) groups excluding carboxylic acids is 3. The average molecular weight is 632 g/mol. The zero-order chi connectivity index (χ0) is 30.2. The fourth-order valence-corrected chi connectivity index (χ4v) is 8.31. The smallest absolute Gasteiger partial charge is 0.338 e. The lowest BCUT2D eigenvalue weighted by Crippen LogP contribution is -2.65. The van der Waals surface area contributed by atoms with Gasteiger partial charge in [0.05, 0.1) is 23.7 Å². The number of aliphatic hydroxyl groups is 1. The van der Waals surface area contributed by atoms with Crippen LogP contribution < -0.4 is 0 Å². The fourth-order valence-electron chi connectivity index (χ4n) is 8.05. The van der Waals surface area contributed by atoms with E-state index in [2.05, 4.69) is 35.9 Å². The normalized spacial score (nSPS) is 35.3. The molecule has 1 heterocycles. The van der Waals surface area contributed by atoms with E-state index < -0.39 is 28.5 Å². The number of allylic oxidation sites excluding steroid dienone is 1. The maximum absolute atomic E-state index is 13.3. The van der Waals surface area contributed by atoms with Gasteiger partial charge in [0, 0.05) is 29.3 Å². The summed E-state index contributed by atoms with van der Waals surface area (Å²) in [5.41, 5.74) is 0.0529. The van der Waals surface area contributed by atoms with Gasteiger partial charge in [0.1, 0.15) is 12.2 Å². The molecule has 4 rings (SSSR count). The van der Waals surface area contributed by atoms with E-state index in [9.17, 15) is 19.5 Å². The van der Waals surface area contributed by atoms with Gasteiger partial charge in [-0.2, -0.15) is 0 Å². The van der Waals surface area contributed by atoms with Gasteiger partial charge in [-0.1, -0.05) is 40.9 Å². The molecule has 0 unspecified atom stereocenters. The Labute approximate surface area is 251 Å². The Hall–Kier alpha value is -2.45. The molecule has 7 nitrogen and oxygen atoms in total. The van der Waals surface area contributed by atoms with E-state index >= 15 is 0 Å². The summed E-state index contributed by atoms with van der Waals surface area (Å²) in [5.74, 6) is -1.52. The van der Waals surface area contributed by atoms with Crippen molar-refractivity contribution in [1.82, 2.24) is 0 Å². The number of fused-ring (bicyclic) bond motifs is 1. The van der Waals surface area contributed by atoms with Crippen molar-refractivity contribution in [3.8, 4) is 0 Å². The van der Waals surface area contributed by atoms with Crippen molar-refractivity contribution in [3.05, 3.63) is 57.6 Å². The zero-order valence-corrected chi connectivity index (χ0v) is 26.6. The van der Waals surface area contributed by atoms with Crippen molar-refractivity contribution >= 4 is 33.8 Å². The van der Waals surface area contributed by atoms with Gasteiger partial charge in [-0.25, -0.2) is 9.59 Å². The van der Waals surface area contributed by atoms with Crippen LogP contribution in [0.1, 0.15) is 89.9 Å². The minimum atomic E-state index is -1.12. The number of carbonyl (C=O) groups is 3. The minimum Gasteiger partial charge on any atom is -0.469 e.